The van der Waals surface area contributed by atoms with Crippen molar-refractivity contribution in [3.63, 3.8) is 0 Å². The number of benzene rings is 1. The maximum atomic E-state index is 14.8. The summed E-state index contributed by atoms with van der Waals surface area (Å²) in [7, 11) is 1.59. The third-order valence-corrected chi connectivity index (χ3v) is 6.46. The van der Waals surface area contributed by atoms with Gasteiger partial charge in [-0.25, -0.2) is 9.18 Å². The van der Waals surface area contributed by atoms with E-state index in [9.17, 15) is 14.3 Å². The first-order valence-corrected chi connectivity index (χ1v) is 10.6. The summed E-state index contributed by atoms with van der Waals surface area (Å²) >= 11 is 0. The number of alkyl halides is 1. The molecule has 0 saturated heterocycles. The molecular formula is C23H24FN3O4. The molecule has 0 radical (unpaired) electrons. The molecule has 8 heteroatoms. The van der Waals surface area contributed by atoms with E-state index in [0.29, 0.717) is 34.4 Å². The van der Waals surface area contributed by atoms with Crippen molar-refractivity contribution < 1.29 is 18.7 Å². The van der Waals surface area contributed by atoms with Crippen LogP contribution in [0.1, 0.15) is 32.1 Å². The average Bonchev–Trinajstić information content (AvgIpc) is 3.11. The molecule has 4 atom stereocenters. The second-order valence-corrected chi connectivity index (χ2v) is 8.59. The fraction of sp³-hybridized carbons (Fsp3) is 0.435. The van der Waals surface area contributed by atoms with Gasteiger partial charge in [0.15, 0.2) is 5.76 Å². The number of hydrogen-bond acceptors (Lipinski definition) is 6. The van der Waals surface area contributed by atoms with Crippen molar-refractivity contribution in [2.75, 3.05) is 0 Å². The Labute approximate surface area is 178 Å². The third-order valence-electron chi connectivity index (χ3n) is 6.46. The summed E-state index contributed by atoms with van der Waals surface area (Å²) < 4.78 is 27.1. The van der Waals surface area contributed by atoms with Gasteiger partial charge in [-0.15, -0.1) is 10.2 Å². The van der Waals surface area contributed by atoms with Crippen molar-refractivity contribution in [1.29, 1.82) is 0 Å². The van der Waals surface area contributed by atoms with Crippen molar-refractivity contribution >= 4 is 0 Å². The lowest BCUT2D eigenvalue weighted by Gasteiger charge is -2.41. The number of aromatic hydroxyl groups is 1. The predicted molar refractivity (Wildman–Crippen MR) is 111 cm³/mol. The van der Waals surface area contributed by atoms with Crippen LogP contribution in [0.15, 0.2) is 45.7 Å². The Bertz CT molecular complexity index is 1140. The fourth-order valence-corrected chi connectivity index (χ4v) is 4.85. The van der Waals surface area contributed by atoms with E-state index in [1.165, 1.54) is 10.6 Å². The minimum Gasteiger partial charge on any atom is -0.507 e. The molecule has 2 heterocycles. The number of phenolic OH excluding ortho intramolecular Hbond substituents is 1. The highest BCUT2D eigenvalue weighted by molar-refractivity contribution is 5.72. The van der Waals surface area contributed by atoms with Crippen molar-refractivity contribution in [3.05, 3.63) is 47.1 Å². The lowest BCUT2D eigenvalue weighted by Crippen LogP contribution is -2.43. The summed E-state index contributed by atoms with van der Waals surface area (Å²) in [6.45, 7) is 0. The SMILES string of the molecule is Cn1cc(-c2ccc(-c3ccc(O[C@@H]4C[C@H]5CCC[C@H](C5)[C@@H]4F)nn3)c(O)c2)oc1=O. The van der Waals surface area contributed by atoms with Crippen LogP contribution in [0.2, 0.25) is 0 Å². The Morgan fingerprint density at radius 1 is 1.19 bits per heavy atom. The Balaban J connectivity index is 1.32. The molecule has 2 aromatic heterocycles. The van der Waals surface area contributed by atoms with E-state index in [4.69, 9.17) is 9.15 Å². The van der Waals surface area contributed by atoms with Gasteiger partial charge in [-0.1, -0.05) is 18.9 Å². The second kappa shape index (κ2) is 7.83. The Morgan fingerprint density at radius 3 is 2.77 bits per heavy atom. The monoisotopic (exact) mass is 425 g/mol. The van der Waals surface area contributed by atoms with Crippen LogP contribution >= 0.6 is 0 Å². The van der Waals surface area contributed by atoms with E-state index >= 15 is 0 Å². The molecule has 2 bridgehead atoms. The first-order valence-electron chi connectivity index (χ1n) is 10.6. The van der Waals surface area contributed by atoms with Gasteiger partial charge in [-0.2, -0.15) is 0 Å². The van der Waals surface area contributed by atoms with Gasteiger partial charge in [-0.05, 0) is 49.3 Å². The van der Waals surface area contributed by atoms with E-state index in [1.54, 1.807) is 37.5 Å². The highest BCUT2D eigenvalue weighted by Crippen LogP contribution is 2.42. The molecule has 3 aromatic rings. The topological polar surface area (TPSA) is 90.4 Å². The molecule has 2 fully saturated rings. The Hall–Kier alpha value is -3.16. The van der Waals surface area contributed by atoms with Crippen LogP contribution in [0.25, 0.3) is 22.6 Å². The molecule has 2 aliphatic carbocycles. The zero-order chi connectivity index (χ0) is 21.5. The summed E-state index contributed by atoms with van der Waals surface area (Å²) in [6.07, 6.45) is 4.99. The number of oxazole rings is 1. The van der Waals surface area contributed by atoms with Crippen LogP contribution in [-0.2, 0) is 7.05 Å². The number of rotatable bonds is 4. The zero-order valence-electron chi connectivity index (χ0n) is 17.2. The average molecular weight is 425 g/mol. The van der Waals surface area contributed by atoms with E-state index < -0.39 is 18.0 Å². The van der Waals surface area contributed by atoms with E-state index in [2.05, 4.69) is 10.2 Å². The molecular weight excluding hydrogens is 401 g/mol. The third kappa shape index (κ3) is 3.82. The smallest absolute Gasteiger partial charge is 0.419 e. The van der Waals surface area contributed by atoms with Gasteiger partial charge in [0.05, 0.1) is 11.9 Å². The molecule has 5 rings (SSSR count). The number of nitrogens with zero attached hydrogens (tertiary/aromatic N) is 3. The molecule has 0 unspecified atom stereocenters. The maximum Gasteiger partial charge on any atom is 0.419 e. The predicted octanol–water partition coefficient (Wildman–Crippen LogP) is 4.10. The van der Waals surface area contributed by atoms with Crippen molar-refractivity contribution in [3.8, 4) is 34.2 Å². The molecule has 1 aromatic carbocycles. The van der Waals surface area contributed by atoms with Crippen LogP contribution in [0.5, 0.6) is 11.6 Å². The Morgan fingerprint density at radius 2 is 2.06 bits per heavy atom. The first kappa shape index (κ1) is 19.8. The molecule has 0 amide bonds. The second-order valence-electron chi connectivity index (χ2n) is 8.59. The number of hydrogen-bond donors (Lipinski definition) is 1. The van der Waals surface area contributed by atoms with Crippen molar-refractivity contribution in [2.45, 2.75) is 44.4 Å². The largest absolute Gasteiger partial charge is 0.507 e. The van der Waals surface area contributed by atoms with Crippen molar-refractivity contribution in [1.82, 2.24) is 14.8 Å². The molecule has 2 aliphatic rings. The van der Waals surface area contributed by atoms with Gasteiger partial charge in [0.2, 0.25) is 5.88 Å². The van der Waals surface area contributed by atoms with Gasteiger partial charge in [0.25, 0.3) is 0 Å². The number of aryl methyl sites for hydroxylation is 1. The van der Waals surface area contributed by atoms with Crippen LogP contribution in [0, 0.1) is 11.8 Å². The lowest BCUT2D eigenvalue weighted by atomic mass is 9.70. The normalized spacial score (nSPS) is 25.4. The molecule has 162 valence electrons. The Kier molecular flexibility index (Phi) is 5.00. The first-order chi connectivity index (χ1) is 15.0. The van der Waals surface area contributed by atoms with Crippen LogP contribution in [-0.4, -0.2) is 32.1 Å². The molecule has 7 nitrogen and oxygen atoms in total. The van der Waals surface area contributed by atoms with Crippen LogP contribution in [0.4, 0.5) is 4.39 Å². The van der Waals surface area contributed by atoms with Crippen molar-refractivity contribution in [2.24, 2.45) is 18.9 Å². The molecule has 1 N–H and O–H groups in total. The number of halogens is 1. The summed E-state index contributed by atoms with van der Waals surface area (Å²) in [4.78, 5) is 11.5. The van der Waals surface area contributed by atoms with Gasteiger partial charge in [0, 0.05) is 24.2 Å². The highest BCUT2D eigenvalue weighted by Gasteiger charge is 2.41. The van der Waals surface area contributed by atoms with E-state index in [0.717, 1.165) is 32.1 Å². The molecule has 0 aliphatic heterocycles. The van der Waals surface area contributed by atoms with Gasteiger partial charge in [0.1, 0.15) is 18.0 Å². The highest BCUT2D eigenvalue weighted by atomic mass is 19.1. The standard InChI is InChI=1S/C23H24FN3O4/c1-27-12-20(31-23(27)29)14-5-6-16(18(28)11-14)17-7-8-21(26-25-17)30-19-10-13-3-2-4-15(9-13)22(19)24/h5-8,11-13,15,19,22,28H,2-4,9-10H2,1H3/t13-,15+,19+,22-/m0/s1. The summed E-state index contributed by atoms with van der Waals surface area (Å²) in [5, 5.41) is 18.7. The van der Waals surface area contributed by atoms with Gasteiger partial charge >= 0.3 is 5.76 Å². The summed E-state index contributed by atoms with van der Waals surface area (Å²) in [5.41, 5.74) is 1.52. The maximum absolute atomic E-state index is 14.8. The number of phenols is 1. The number of aromatic nitrogens is 3. The van der Waals surface area contributed by atoms with Gasteiger partial charge < -0.3 is 14.3 Å². The van der Waals surface area contributed by atoms with Gasteiger partial charge in [-0.3, -0.25) is 4.57 Å². The van der Waals surface area contributed by atoms with E-state index in [-0.39, 0.29) is 11.7 Å². The quantitative estimate of drug-likeness (QED) is 0.677. The van der Waals surface area contributed by atoms with E-state index in [1.807, 2.05) is 0 Å². The fourth-order valence-electron chi connectivity index (χ4n) is 4.85. The van der Waals surface area contributed by atoms with Crippen LogP contribution in [0.3, 0.4) is 0 Å². The minimum atomic E-state index is -0.965. The molecule has 2 saturated carbocycles. The molecule has 0 spiro atoms. The minimum absolute atomic E-state index is 0.0177. The lowest BCUT2D eigenvalue weighted by molar-refractivity contribution is -0.0216. The van der Waals surface area contributed by atoms with Crippen LogP contribution < -0.4 is 10.5 Å². The summed E-state index contributed by atoms with van der Waals surface area (Å²) in [5.74, 6) is 0.788. The number of ether oxygens (including phenoxy) is 1. The molecule has 31 heavy (non-hydrogen) atoms. The number of fused-ring (bicyclic) bond motifs is 2. The summed E-state index contributed by atoms with van der Waals surface area (Å²) in [6, 6.07) is 8.27. The zero-order valence-corrected chi connectivity index (χ0v) is 17.2.